The summed E-state index contributed by atoms with van der Waals surface area (Å²) in [6.07, 6.45) is 1.18. The Labute approximate surface area is 113 Å². The van der Waals surface area contributed by atoms with Gasteiger partial charge in [0.05, 0.1) is 12.6 Å². The van der Waals surface area contributed by atoms with E-state index < -0.39 is 0 Å². The van der Waals surface area contributed by atoms with E-state index in [9.17, 15) is 4.79 Å². The van der Waals surface area contributed by atoms with Crippen LogP contribution in [0.2, 0.25) is 5.02 Å². The lowest BCUT2D eigenvalue weighted by atomic mass is 10.1. The maximum atomic E-state index is 12.1. The van der Waals surface area contributed by atoms with Crippen molar-refractivity contribution in [2.45, 2.75) is 25.5 Å². The Morgan fingerprint density at radius 3 is 2.94 bits per heavy atom. The van der Waals surface area contributed by atoms with Gasteiger partial charge >= 0.3 is 0 Å². The Morgan fingerprint density at radius 2 is 2.33 bits per heavy atom. The zero-order valence-corrected chi connectivity index (χ0v) is 11.5. The number of nitrogens with zero attached hydrogens (tertiary/aromatic N) is 1. The maximum absolute atomic E-state index is 12.1. The Hall–Kier alpha value is -0.900. The summed E-state index contributed by atoms with van der Waals surface area (Å²) in [6, 6.07) is 7.42. The Bertz CT molecular complexity index is 436. The van der Waals surface area contributed by atoms with E-state index in [1.807, 2.05) is 7.05 Å². The van der Waals surface area contributed by atoms with Gasteiger partial charge in [-0.2, -0.15) is 0 Å². The van der Waals surface area contributed by atoms with Crippen LogP contribution < -0.4 is 0 Å². The first kappa shape index (κ1) is 13.5. The highest BCUT2D eigenvalue weighted by Crippen LogP contribution is 2.19. The fraction of sp³-hybridized carbons (Fsp3) is 0.500. The highest BCUT2D eigenvalue weighted by molar-refractivity contribution is 6.31. The van der Waals surface area contributed by atoms with Crippen LogP contribution in [0.1, 0.15) is 23.7 Å². The van der Waals surface area contributed by atoms with E-state index in [4.69, 9.17) is 16.3 Å². The molecule has 0 radical (unpaired) electrons. The minimum absolute atomic E-state index is 0.0964. The number of carbonyl (C=O) groups excluding carboxylic acids is 1. The third-order valence-electron chi connectivity index (χ3n) is 3.44. The third-order valence-corrected chi connectivity index (χ3v) is 3.68. The summed E-state index contributed by atoms with van der Waals surface area (Å²) in [5.41, 5.74) is 0.668. The molecule has 98 valence electrons. The molecule has 0 aliphatic carbocycles. The molecule has 0 bridgehead atoms. The lowest BCUT2D eigenvalue weighted by molar-refractivity contribution is 0.0746. The van der Waals surface area contributed by atoms with Gasteiger partial charge in [-0.1, -0.05) is 23.7 Å². The molecule has 1 aromatic carbocycles. The fourth-order valence-electron chi connectivity index (χ4n) is 2.40. The molecule has 0 amide bonds. The van der Waals surface area contributed by atoms with E-state index >= 15 is 0 Å². The van der Waals surface area contributed by atoms with E-state index in [0.717, 1.165) is 13.0 Å². The molecule has 2 atom stereocenters. The van der Waals surface area contributed by atoms with Crippen molar-refractivity contribution in [3.8, 4) is 0 Å². The van der Waals surface area contributed by atoms with Gasteiger partial charge in [0.25, 0.3) is 0 Å². The van der Waals surface area contributed by atoms with Gasteiger partial charge in [-0.25, -0.2) is 0 Å². The predicted octanol–water partition coefficient (Wildman–Crippen LogP) is 2.63. The molecule has 4 heteroatoms. The summed E-state index contributed by atoms with van der Waals surface area (Å²) in [4.78, 5) is 14.2. The molecule has 1 heterocycles. The average molecular weight is 268 g/mol. The number of halogens is 1. The van der Waals surface area contributed by atoms with Gasteiger partial charge in [-0.15, -0.1) is 0 Å². The number of carbonyl (C=O) groups is 1. The second kappa shape index (κ2) is 5.83. The maximum Gasteiger partial charge on any atom is 0.176 e. The number of likely N-dealkylation sites (N-methyl/N-ethyl adjacent to an activating group) is 1. The van der Waals surface area contributed by atoms with E-state index in [2.05, 4.69) is 11.8 Å². The van der Waals surface area contributed by atoms with Crippen LogP contribution in [-0.2, 0) is 4.74 Å². The molecule has 2 rings (SSSR count). The molecule has 1 aromatic rings. The van der Waals surface area contributed by atoms with Crippen molar-refractivity contribution in [2.75, 3.05) is 20.2 Å². The van der Waals surface area contributed by atoms with Gasteiger partial charge in [-0.3, -0.25) is 9.69 Å². The second-order valence-corrected chi connectivity index (χ2v) is 5.22. The second-order valence-electron chi connectivity index (χ2n) is 4.78. The quantitative estimate of drug-likeness (QED) is 0.786. The van der Waals surface area contributed by atoms with Gasteiger partial charge in [0, 0.05) is 23.2 Å². The molecule has 0 saturated carbocycles. The van der Waals surface area contributed by atoms with Crippen LogP contribution in [0.15, 0.2) is 24.3 Å². The molecule has 1 saturated heterocycles. The zero-order chi connectivity index (χ0) is 13.1. The van der Waals surface area contributed by atoms with Crippen molar-refractivity contribution in [1.82, 2.24) is 4.90 Å². The van der Waals surface area contributed by atoms with Crippen LogP contribution in [-0.4, -0.2) is 43.0 Å². The van der Waals surface area contributed by atoms with E-state index in [0.29, 0.717) is 23.2 Å². The molecule has 0 N–H and O–H groups in total. The van der Waals surface area contributed by atoms with Crippen LogP contribution in [0.4, 0.5) is 0 Å². The highest BCUT2D eigenvalue weighted by Gasteiger charge is 2.28. The van der Waals surface area contributed by atoms with Gasteiger partial charge in [0.15, 0.2) is 5.78 Å². The van der Waals surface area contributed by atoms with Gasteiger partial charge < -0.3 is 4.74 Å². The van der Waals surface area contributed by atoms with Crippen LogP contribution in [0.5, 0.6) is 0 Å². The molecule has 1 fully saturated rings. The Morgan fingerprint density at radius 1 is 1.56 bits per heavy atom. The molecule has 1 aliphatic rings. The molecule has 1 aliphatic heterocycles. The number of ether oxygens (including phenoxy) is 1. The summed E-state index contributed by atoms with van der Waals surface area (Å²) in [5, 5.41) is 0.598. The number of hydrogen-bond donors (Lipinski definition) is 0. The van der Waals surface area contributed by atoms with Crippen molar-refractivity contribution < 1.29 is 9.53 Å². The standard InChI is InChI=1S/C14H18ClNO2/c1-10-13(6-7-18-10)16(2)9-14(17)11-4-3-5-12(15)8-11/h3-5,8,10,13H,6-7,9H2,1-2H3. The van der Waals surface area contributed by atoms with Crippen LogP contribution >= 0.6 is 11.6 Å². The summed E-state index contributed by atoms with van der Waals surface area (Å²) in [6.45, 7) is 3.23. The summed E-state index contributed by atoms with van der Waals surface area (Å²) < 4.78 is 5.52. The summed E-state index contributed by atoms with van der Waals surface area (Å²) >= 11 is 5.89. The van der Waals surface area contributed by atoms with Crippen LogP contribution in [0, 0.1) is 0 Å². The Balaban J connectivity index is 1.99. The highest BCUT2D eigenvalue weighted by atomic mass is 35.5. The van der Waals surface area contributed by atoms with Crippen LogP contribution in [0.3, 0.4) is 0 Å². The van der Waals surface area contributed by atoms with Crippen molar-refractivity contribution in [3.63, 3.8) is 0 Å². The molecule has 3 nitrogen and oxygen atoms in total. The molecule has 0 aromatic heterocycles. The van der Waals surface area contributed by atoms with Gasteiger partial charge in [-0.05, 0) is 32.5 Å². The minimum Gasteiger partial charge on any atom is -0.377 e. The first-order chi connectivity index (χ1) is 8.58. The SMILES string of the molecule is CC1OCCC1N(C)CC(=O)c1cccc(Cl)c1. The average Bonchev–Trinajstić information content (AvgIpc) is 2.75. The topological polar surface area (TPSA) is 29.5 Å². The minimum atomic E-state index is 0.0964. The number of hydrogen-bond acceptors (Lipinski definition) is 3. The summed E-state index contributed by atoms with van der Waals surface area (Å²) in [5.74, 6) is 0.0964. The lowest BCUT2D eigenvalue weighted by Gasteiger charge is -2.25. The summed E-state index contributed by atoms with van der Waals surface area (Å²) in [7, 11) is 1.97. The third kappa shape index (κ3) is 3.10. The van der Waals surface area contributed by atoms with Crippen LogP contribution in [0.25, 0.3) is 0 Å². The number of ketones is 1. The smallest absolute Gasteiger partial charge is 0.176 e. The first-order valence-corrected chi connectivity index (χ1v) is 6.56. The van der Waals surface area contributed by atoms with Gasteiger partial charge in [0.1, 0.15) is 0 Å². The van der Waals surface area contributed by atoms with E-state index in [-0.39, 0.29) is 11.9 Å². The number of Topliss-reactive ketones (excluding diaryl/α,β-unsaturated/α-hetero) is 1. The predicted molar refractivity (Wildman–Crippen MR) is 72.2 cm³/mol. The molecular formula is C14H18ClNO2. The zero-order valence-electron chi connectivity index (χ0n) is 10.7. The first-order valence-electron chi connectivity index (χ1n) is 6.18. The van der Waals surface area contributed by atoms with Gasteiger partial charge in [0.2, 0.25) is 0 Å². The molecule has 0 spiro atoms. The van der Waals surface area contributed by atoms with Crippen molar-refractivity contribution in [2.24, 2.45) is 0 Å². The monoisotopic (exact) mass is 267 g/mol. The molecular weight excluding hydrogens is 250 g/mol. The molecule has 18 heavy (non-hydrogen) atoms. The van der Waals surface area contributed by atoms with E-state index in [1.165, 1.54) is 0 Å². The molecule has 2 unspecified atom stereocenters. The van der Waals surface area contributed by atoms with Crippen molar-refractivity contribution in [3.05, 3.63) is 34.9 Å². The van der Waals surface area contributed by atoms with E-state index in [1.54, 1.807) is 24.3 Å². The van der Waals surface area contributed by atoms with Crippen molar-refractivity contribution >= 4 is 17.4 Å². The number of benzene rings is 1. The lowest BCUT2D eigenvalue weighted by Crippen LogP contribution is -2.39. The normalized spacial score (nSPS) is 23.6. The largest absolute Gasteiger partial charge is 0.377 e. The Kier molecular flexibility index (Phi) is 4.38. The fourth-order valence-corrected chi connectivity index (χ4v) is 2.59. The van der Waals surface area contributed by atoms with Crippen molar-refractivity contribution in [1.29, 1.82) is 0 Å². The number of rotatable bonds is 4.